The van der Waals surface area contributed by atoms with Gasteiger partial charge >= 0.3 is 0 Å². The molecule has 0 saturated carbocycles. The molecule has 3 heteroatoms. The Kier molecular flexibility index (Phi) is 5.87. The predicted molar refractivity (Wildman–Crippen MR) is 203 cm³/mol. The van der Waals surface area contributed by atoms with Crippen molar-refractivity contribution in [1.29, 1.82) is 0 Å². The van der Waals surface area contributed by atoms with Crippen molar-refractivity contribution < 1.29 is 0 Å². The van der Waals surface area contributed by atoms with Gasteiger partial charge in [0.15, 0.2) is 0 Å². The molecule has 0 radical (unpaired) electrons. The molecule has 0 aliphatic rings. The molecule has 0 spiro atoms. The van der Waals surface area contributed by atoms with E-state index in [-0.39, 0.29) is 0 Å². The number of nitrogens with zero attached hydrogens (tertiary/aromatic N) is 3. The standard InChI is InChI=1S/C45H29N3/c1-2-14-34(15-3-1)47(41-20-10-13-31-11-4-6-16-36(31)41)35-25-21-30(22-26-35)33-24-28-42-39(29-33)44-37-17-7-5-12-32(37)23-27-38(44)45-46-40-18-8-9-19-43(40)48(42)45/h1-29H. The van der Waals surface area contributed by atoms with Crippen LogP contribution in [0.5, 0.6) is 0 Å². The summed E-state index contributed by atoms with van der Waals surface area (Å²) in [6.45, 7) is 0. The molecule has 0 saturated heterocycles. The van der Waals surface area contributed by atoms with Crippen LogP contribution in [0.1, 0.15) is 0 Å². The molecule has 0 aliphatic carbocycles. The zero-order valence-electron chi connectivity index (χ0n) is 26.1. The summed E-state index contributed by atoms with van der Waals surface area (Å²) in [7, 11) is 0. The second-order valence-corrected chi connectivity index (χ2v) is 12.4. The van der Waals surface area contributed by atoms with E-state index in [1.807, 2.05) is 0 Å². The first-order chi connectivity index (χ1) is 23.8. The minimum Gasteiger partial charge on any atom is -0.310 e. The number of anilines is 3. The summed E-state index contributed by atoms with van der Waals surface area (Å²) in [5.41, 5.74) is 10.1. The maximum absolute atomic E-state index is 5.13. The fourth-order valence-electron chi connectivity index (χ4n) is 7.52. The van der Waals surface area contributed by atoms with E-state index in [4.69, 9.17) is 4.98 Å². The third-order valence-electron chi connectivity index (χ3n) is 9.72. The third kappa shape index (κ3) is 4.04. The average Bonchev–Trinajstić information content (AvgIpc) is 3.55. The summed E-state index contributed by atoms with van der Waals surface area (Å²) in [6, 6.07) is 63.2. The lowest BCUT2D eigenvalue weighted by atomic mass is 9.96. The molecule has 224 valence electrons. The highest BCUT2D eigenvalue weighted by Gasteiger charge is 2.18. The number of benzene rings is 8. The minimum absolute atomic E-state index is 0.996. The molecule has 48 heavy (non-hydrogen) atoms. The number of imidazole rings is 1. The summed E-state index contributed by atoms with van der Waals surface area (Å²) in [6.07, 6.45) is 0. The molecule has 8 aromatic carbocycles. The fraction of sp³-hybridized carbons (Fsp3) is 0. The summed E-state index contributed by atoms with van der Waals surface area (Å²) < 4.78 is 2.33. The quantitative estimate of drug-likeness (QED) is 0.185. The summed E-state index contributed by atoms with van der Waals surface area (Å²) in [5, 5.41) is 8.56. The van der Waals surface area contributed by atoms with Crippen molar-refractivity contribution in [2.75, 3.05) is 4.90 Å². The normalized spacial score (nSPS) is 11.8. The van der Waals surface area contributed by atoms with Crippen molar-refractivity contribution in [3.8, 4) is 11.1 Å². The zero-order valence-corrected chi connectivity index (χ0v) is 26.1. The maximum Gasteiger partial charge on any atom is 0.146 e. The highest BCUT2D eigenvalue weighted by Crippen LogP contribution is 2.41. The van der Waals surface area contributed by atoms with Gasteiger partial charge in [0, 0.05) is 32.9 Å². The molecule has 0 amide bonds. The van der Waals surface area contributed by atoms with E-state index in [1.165, 1.54) is 48.8 Å². The predicted octanol–water partition coefficient (Wildman–Crippen LogP) is 12.2. The molecule has 0 unspecified atom stereocenters. The lowest BCUT2D eigenvalue weighted by Crippen LogP contribution is -2.10. The Labute approximate surface area is 277 Å². The van der Waals surface area contributed by atoms with Crippen LogP contribution in [-0.2, 0) is 0 Å². The van der Waals surface area contributed by atoms with Gasteiger partial charge in [-0.1, -0.05) is 115 Å². The van der Waals surface area contributed by atoms with Gasteiger partial charge < -0.3 is 4.90 Å². The molecule has 0 N–H and O–H groups in total. The monoisotopic (exact) mass is 611 g/mol. The summed E-state index contributed by atoms with van der Waals surface area (Å²) in [5.74, 6) is 0. The van der Waals surface area contributed by atoms with Gasteiger partial charge in [-0.3, -0.25) is 4.40 Å². The van der Waals surface area contributed by atoms with Gasteiger partial charge in [0.05, 0.1) is 22.2 Å². The SMILES string of the molecule is c1ccc(N(c2ccc(-c3ccc4c(c3)c3c5ccccc5ccc3c3nc5ccccc5n43)cc2)c2cccc3ccccc23)cc1. The van der Waals surface area contributed by atoms with Gasteiger partial charge in [0.2, 0.25) is 0 Å². The Morgan fingerprint density at radius 2 is 1.08 bits per heavy atom. The molecule has 2 heterocycles. The molecular weight excluding hydrogens is 583 g/mol. The largest absolute Gasteiger partial charge is 0.310 e. The van der Waals surface area contributed by atoms with Gasteiger partial charge in [0.25, 0.3) is 0 Å². The first-order valence-corrected chi connectivity index (χ1v) is 16.4. The van der Waals surface area contributed by atoms with Crippen molar-refractivity contribution in [3.63, 3.8) is 0 Å². The second kappa shape index (κ2) is 10.5. The fourth-order valence-corrected chi connectivity index (χ4v) is 7.52. The lowest BCUT2D eigenvalue weighted by molar-refractivity contribution is 1.30. The van der Waals surface area contributed by atoms with Crippen LogP contribution in [0.4, 0.5) is 17.1 Å². The first-order valence-electron chi connectivity index (χ1n) is 16.4. The van der Waals surface area contributed by atoms with E-state index in [9.17, 15) is 0 Å². The van der Waals surface area contributed by atoms with E-state index < -0.39 is 0 Å². The number of para-hydroxylation sites is 3. The van der Waals surface area contributed by atoms with Crippen molar-refractivity contribution in [2.24, 2.45) is 0 Å². The summed E-state index contributed by atoms with van der Waals surface area (Å²) >= 11 is 0. The van der Waals surface area contributed by atoms with Crippen LogP contribution in [0.15, 0.2) is 176 Å². The van der Waals surface area contributed by atoms with Crippen molar-refractivity contribution in [3.05, 3.63) is 176 Å². The van der Waals surface area contributed by atoms with Crippen LogP contribution in [0.2, 0.25) is 0 Å². The number of rotatable bonds is 4. The highest BCUT2D eigenvalue weighted by molar-refractivity contribution is 6.24. The van der Waals surface area contributed by atoms with Crippen molar-refractivity contribution in [1.82, 2.24) is 9.38 Å². The Morgan fingerprint density at radius 3 is 1.94 bits per heavy atom. The van der Waals surface area contributed by atoms with Gasteiger partial charge in [-0.25, -0.2) is 4.98 Å². The summed E-state index contributed by atoms with van der Waals surface area (Å²) in [4.78, 5) is 7.49. The number of pyridine rings is 1. The van der Waals surface area contributed by atoms with Gasteiger partial charge in [-0.05, 0) is 87.9 Å². The van der Waals surface area contributed by atoms with Crippen LogP contribution in [0.3, 0.4) is 0 Å². The van der Waals surface area contributed by atoms with Crippen LogP contribution < -0.4 is 4.90 Å². The Bertz CT molecular complexity index is 2830. The zero-order chi connectivity index (χ0) is 31.6. The molecule has 0 aliphatic heterocycles. The molecule has 0 bridgehead atoms. The van der Waals surface area contributed by atoms with Gasteiger partial charge in [-0.15, -0.1) is 0 Å². The molecular formula is C45H29N3. The molecule has 0 atom stereocenters. The van der Waals surface area contributed by atoms with E-state index in [1.54, 1.807) is 0 Å². The van der Waals surface area contributed by atoms with Crippen LogP contribution in [0.25, 0.3) is 71.0 Å². The topological polar surface area (TPSA) is 20.5 Å². The van der Waals surface area contributed by atoms with Crippen LogP contribution >= 0.6 is 0 Å². The van der Waals surface area contributed by atoms with Gasteiger partial charge in [0.1, 0.15) is 5.65 Å². The first kappa shape index (κ1) is 26.7. The third-order valence-corrected chi connectivity index (χ3v) is 9.72. The van der Waals surface area contributed by atoms with E-state index >= 15 is 0 Å². The smallest absolute Gasteiger partial charge is 0.146 e. The highest BCUT2D eigenvalue weighted by atomic mass is 15.1. The maximum atomic E-state index is 5.13. The van der Waals surface area contributed by atoms with Gasteiger partial charge in [-0.2, -0.15) is 0 Å². The number of aromatic nitrogens is 2. The second-order valence-electron chi connectivity index (χ2n) is 12.4. The van der Waals surface area contributed by atoms with E-state index in [2.05, 4.69) is 185 Å². The Hall–Kier alpha value is -6.45. The van der Waals surface area contributed by atoms with E-state index in [0.29, 0.717) is 0 Å². The molecule has 3 nitrogen and oxygen atoms in total. The molecule has 0 fully saturated rings. The minimum atomic E-state index is 0.996. The van der Waals surface area contributed by atoms with Crippen molar-refractivity contribution in [2.45, 2.75) is 0 Å². The molecule has 10 rings (SSSR count). The van der Waals surface area contributed by atoms with Crippen molar-refractivity contribution >= 4 is 77.0 Å². The van der Waals surface area contributed by atoms with E-state index in [0.717, 1.165) is 39.3 Å². The Morgan fingerprint density at radius 1 is 0.417 bits per heavy atom. The molecule has 2 aromatic heterocycles. The Balaban J connectivity index is 1.18. The van der Waals surface area contributed by atoms with Crippen LogP contribution in [0, 0.1) is 0 Å². The van der Waals surface area contributed by atoms with Crippen LogP contribution in [-0.4, -0.2) is 9.38 Å². The number of hydrogen-bond donors (Lipinski definition) is 0. The number of hydrogen-bond acceptors (Lipinski definition) is 2. The average molecular weight is 612 g/mol. The number of fused-ring (bicyclic) bond motifs is 11. The molecule has 10 aromatic rings. The lowest BCUT2D eigenvalue weighted by Gasteiger charge is -2.27.